The molecular weight excluding hydrogens is 1010 g/mol. The zero-order valence-electron chi connectivity index (χ0n) is 49.8. The highest BCUT2D eigenvalue weighted by atomic mass is 32.1. The molecule has 0 aliphatic heterocycles. The lowest BCUT2D eigenvalue weighted by molar-refractivity contribution is 0.605. The Balaban J connectivity index is 1.34. The van der Waals surface area contributed by atoms with Crippen molar-refractivity contribution in [2.45, 2.75) is 221 Å². The van der Waals surface area contributed by atoms with Crippen molar-refractivity contribution in [3.63, 3.8) is 0 Å². The molecule has 0 saturated carbocycles. The minimum absolute atomic E-state index is 0.494. The third-order valence-electron chi connectivity index (χ3n) is 16.1. The summed E-state index contributed by atoms with van der Waals surface area (Å²) in [6, 6.07) is 42.5. The maximum absolute atomic E-state index is 5.72. The molecule has 4 heterocycles. The molecule has 0 unspecified atom stereocenters. The van der Waals surface area contributed by atoms with Crippen LogP contribution in [0.2, 0.25) is 0 Å². The lowest BCUT2D eigenvalue weighted by atomic mass is 9.88. The summed E-state index contributed by atoms with van der Waals surface area (Å²) in [5, 5.41) is 0. The van der Waals surface area contributed by atoms with Gasteiger partial charge in [0.05, 0.1) is 11.4 Å². The van der Waals surface area contributed by atoms with Gasteiger partial charge in [0, 0.05) is 41.8 Å². The largest absolute Gasteiger partial charge is 0.225 e. The van der Waals surface area contributed by atoms with Crippen molar-refractivity contribution in [3.8, 4) is 77.1 Å². The van der Waals surface area contributed by atoms with Gasteiger partial charge in [0.25, 0.3) is 0 Å². The first-order valence-electron chi connectivity index (χ1n) is 31.6. The van der Waals surface area contributed by atoms with E-state index in [2.05, 4.69) is 145 Å². The van der Waals surface area contributed by atoms with E-state index in [9.17, 15) is 0 Å². The zero-order valence-corrected chi connectivity index (χ0v) is 51.5. The Bertz CT molecular complexity index is 3040. The van der Waals surface area contributed by atoms with Gasteiger partial charge in [-0.2, -0.15) is 0 Å². The highest BCUT2D eigenvalue weighted by molar-refractivity contribution is 7.23. The Morgan fingerprint density at radius 2 is 0.662 bits per heavy atom. The molecule has 5 nitrogen and oxygen atoms in total. The molecule has 0 N–H and O–H groups in total. The molecule has 4 aromatic heterocycles. The summed E-state index contributed by atoms with van der Waals surface area (Å²) in [5.41, 5.74) is 14.6. The Labute approximate surface area is 491 Å². The number of aryl methyl sites for hydroxylation is 6. The summed E-state index contributed by atoms with van der Waals surface area (Å²) in [5.74, 6) is 2.27. The summed E-state index contributed by atoms with van der Waals surface area (Å²) < 4.78 is 0. The van der Waals surface area contributed by atoms with Gasteiger partial charge in [0.1, 0.15) is 0 Å². The molecule has 4 aromatic carbocycles. The molecule has 0 fully saturated rings. The van der Waals surface area contributed by atoms with Crippen molar-refractivity contribution in [3.05, 3.63) is 148 Å². The zero-order chi connectivity index (χ0) is 55.7. The summed E-state index contributed by atoms with van der Waals surface area (Å²) in [6.07, 6.45) is 34.4. The highest BCUT2D eigenvalue weighted by Gasteiger charge is 2.23. The maximum Gasteiger partial charge on any atom is 0.201 e. The van der Waals surface area contributed by atoms with Crippen molar-refractivity contribution in [1.82, 2.24) is 24.9 Å². The normalized spacial score (nSPS) is 11.5. The molecule has 0 aliphatic rings. The fraction of sp³-hybridized carbons (Fsp3) is 0.466. The van der Waals surface area contributed by atoms with Crippen LogP contribution in [0.5, 0.6) is 0 Å². The van der Waals surface area contributed by atoms with Crippen molar-refractivity contribution in [1.29, 1.82) is 0 Å². The van der Waals surface area contributed by atoms with E-state index in [0.29, 0.717) is 23.3 Å². The van der Waals surface area contributed by atoms with E-state index in [4.69, 9.17) is 24.9 Å². The van der Waals surface area contributed by atoms with Crippen molar-refractivity contribution in [2.24, 2.45) is 0 Å². The summed E-state index contributed by atoms with van der Waals surface area (Å²) >= 11 is 3.85. The monoisotopic (exact) mass is 1100 g/mol. The summed E-state index contributed by atoms with van der Waals surface area (Å²) in [7, 11) is 0. The van der Waals surface area contributed by atoms with Crippen molar-refractivity contribution >= 4 is 22.7 Å². The number of benzene rings is 4. The third-order valence-corrected chi connectivity index (χ3v) is 18.4. The van der Waals surface area contributed by atoms with Crippen molar-refractivity contribution in [2.75, 3.05) is 0 Å². The highest BCUT2D eigenvalue weighted by Crippen LogP contribution is 2.42. The van der Waals surface area contributed by atoms with Gasteiger partial charge < -0.3 is 0 Å². The van der Waals surface area contributed by atoms with Crippen LogP contribution in [0.25, 0.3) is 77.1 Å². The van der Waals surface area contributed by atoms with Gasteiger partial charge in [-0.25, -0.2) is 24.9 Å². The van der Waals surface area contributed by atoms with Crippen LogP contribution in [0.4, 0.5) is 0 Å². The van der Waals surface area contributed by atoms with E-state index in [1.54, 1.807) is 0 Å². The van der Waals surface area contributed by atoms with E-state index in [1.165, 1.54) is 199 Å². The smallest absolute Gasteiger partial charge is 0.201 e. The van der Waals surface area contributed by atoms with Gasteiger partial charge in [-0.15, -0.1) is 22.7 Å². The molecule has 0 saturated heterocycles. The van der Waals surface area contributed by atoms with E-state index in [1.807, 2.05) is 34.8 Å². The second-order valence-electron chi connectivity index (χ2n) is 22.7. The van der Waals surface area contributed by atoms with Crippen LogP contribution < -0.4 is 0 Å². The first kappa shape index (κ1) is 60.5. The standard InChI is InChI=1S/C73H93N5S2/c1-7-11-15-19-23-29-41-58-50-62(59(49-54(58)5)42-30-24-20-16-12-8-2)65-53-66(75-72(74-65)73-77-70(56-37-33-27-34-38-56)76-71(78-73)57-39-35-28-36-40-57)63-51-61(44-32-26-22-18-14-10-4)64(52-60(63)43-31-25-21-17-13-9-3)67-47-48-69(80-67)68-46-45-55(6)79-68/h27-28,33-40,45-53H,7-26,29-32,41-44H2,1-6H3. The van der Waals surface area contributed by atoms with Crippen LogP contribution in [-0.4, -0.2) is 24.9 Å². The molecule has 422 valence electrons. The fourth-order valence-corrected chi connectivity index (χ4v) is 13.4. The Hall–Kier alpha value is -5.63. The van der Waals surface area contributed by atoms with Gasteiger partial charge in [-0.05, 0) is 147 Å². The van der Waals surface area contributed by atoms with Crippen molar-refractivity contribution < 1.29 is 0 Å². The van der Waals surface area contributed by atoms with Gasteiger partial charge >= 0.3 is 0 Å². The van der Waals surface area contributed by atoms with Gasteiger partial charge in [0.15, 0.2) is 17.5 Å². The van der Waals surface area contributed by atoms with Gasteiger partial charge in [-0.1, -0.05) is 223 Å². The molecule has 8 aromatic rings. The first-order valence-corrected chi connectivity index (χ1v) is 33.2. The number of nitrogens with zero attached hydrogens (tertiary/aromatic N) is 5. The van der Waals surface area contributed by atoms with Gasteiger partial charge in [0.2, 0.25) is 5.82 Å². The lowest BCUT2D eigenvalue weighted by Crippen LogP contribution is -2.06. The molecule has 0 aliphatic carbocycles. The van der Waals surface area contributed by atoms with Crippen LogP contribution in [0.3, 0.4) is 0 Å². The molecule has 7 heteroatoms. The van der Waals surface area contributed by atoms with Crippen LogP contribution in [0, 0.1) is 13.8 Å². The van der Waals surface area contributed by atoms with Crippen LogP contribution in [0.15, 0.2) is 115 Å². The summed E-state index contributed by atoms with van der Waals surface area (Å²) in [6.45, 7) is 13.8. The van der Waals surface area contributed by atoms with E-state index < -0.39 is 0 Å². The van der Waals surface area contributed by atoms with E-state index >= 15 is 0 Å². The predicted molar refractivity (Wildman–Crippen MR) is 347 cm³/mol. The lowest BCUT2D eigenvalue weighted by Gasteiger charge is -2.19. The average molecular weight is 1100 g/mol. The van der Waals surface area contributed by atoms with E-state index in [-0.39, 0.29) is 0 Å². The average Bonchev–Trinajstić information content (AvgIpc) is 4.19. The minimum Gasteiger partial charge on any atom is -0.225 e. The maximum atomic E-state index is 5.72. The SMILES string of the molecule is CCCCCCCCc1cc(-c2cc(-c3cc(CCCCCCCC)c(-c4ccc(-c5ccc(C)s5)s4)cc3CCCCCCCC)nc(-c3nc(-c4ccccc4)nc(-c4ccccc4)n3)n2)c(CCCCCCCC)cc1C. The summed E-state index contributed by atoms with van der Waals surface area (Å²) in [4.78, 5) is 32.6. The number of thiophene rings is 2. The number of hydrogen-bond donors (Lipinski definition) is 0. The fourth-order valence-electron chi connectivity index (χ4n) is 11.4. The molecule has 8 rings (SSSR count). The predicted octanol–water partition coefficient (Wildman–Crippen LogP) is 22.7. The molecule has 80 heavy (non-hydrogen) atoms. The van der Waals surface area contributed by atoms with Crippen LogP contribution in [-0.2, 0) is 25.7 Å². The molecule has 0 atom stereocenters. The Morgan fingerprint density at radius 1 is 0.300 bits per heavy atom. The minimum atomic E-state index is 0.494. The quantitative estimate of drug-likeness (QED) is 0.0371. The number of hydrogen-bond acceptors (Lipinski definition) is 7. The number of rotatable bonds is 35. The second-order valence-corrected chi connectivity index (χ2v) is 25.1. The molecular formula is C73H93N5S2. The molecule has 0 spiro atoms. The molecule has 0 bridgehead atoms. The second kappa shape index (κ2) is 32.7. The molecule has 0 radical (unpaired) electrons. The van der Waals surface area contributed by atoms with Crippen LogP contribution >= 0.6 is 22.7 Å². The van der Waals surface area contributed by atoms with E-state index in [0.717, 1.165) is 67.5 Å². The number of unbranched alkanes of at least 4 members (excludes halogenated alkanes) is 20. The van der Waals surface area contributed by atoms with Gasteiger partial charge in [-0.3, -0.25) is 0 Å². The Morgan fingerprint density at radius 3 is 1.14 bits per heavy atom. The Kier molecular flexibility index (Phi) is 24.7. The topological polar surface area (TPSA) is 64.5 Å². The first-order chi connectivity index (χ1) is 39.3. The van der Waals surface area contributed by atoms with Crippen LogP contribution in [0.1, 0.15) is 214 Å². The number of aromatic nitrogens is 5. The molecule has 0 amide bonds. The third kappa shape index (κ3) is 17.7.